The number of benzene rings is 1. The molecule has 1 saturated heterocycles. The van der Waals surface area contributed by atoms with E-state index in [4.69, 9.17) is 4.74 Å². The minimum Gasteiger partial charge on any atom is -0.379 e. The summed E-state index contributed by atoms with van der Waals surface area (Å²) in [6, 6.07) is 9.32. The zero-order chi connectivity index (χ0) is 19.6. The molecular formula is C20H25F3N4O. The first-order valence-corrected chi connectivity index (χ1v) is 9.77. The number of hydrogen-bond acceptors (Lipinski definition) is 4. The Morgan fingerprint density at radius 2 is 2.00 bits per heavy atom. The molecule has 2 aromatic rings. The van der Waals surface area contributed by atoms with Crippen LogP contribution in [0.1, 0.15) is 30.5 Å². The van der Waals surface area contributed by atoms with E-state index >= 15 is 0 Å². The molecule has 1 aromatic carbocycles. The molecule has 0 amide bonds. The molecule has 0 radical (unpaired) electrons. The topological polar surface area (TPSA) is 51.1 Å². The third-order valence-corrected chi connectivity index (χ3v) is 5.69. The number of rotatable bonds is 5. The van der Waals surface area contributed by atoms with Crippen molar-refractivity contribution in [3.8, 4) is 5.69 Å². The summed E-state index contributed by atoms with van der Waals surface area (Å²) in [4.78, 5) is 0. The Kier molecular flexibility index (Phi) is 5.70. The predicted molar refractivity (Wildman–Crippen MR) is 99.1 cm³/mol. The molecule has 28 heavy (non-hydrogen) atoms. The maximum Gasteiger partial charge on any atom is 0.435 e. The van der Waals surface area contributed by atoms with Gasteiger partial charge in [-0.15, -0.1) is 0 Å². The van der Waals surface area contributed by atoms with Crippen molar-refractivity contribution >= 4 is 0 Å². The molecule has 2 heterocycles. The maximum atomic E-state index is 12.7. The lowest BCUT2D eigenvalue weighted by atomic mass is 9.94. The fourth-order valence-electron chi connectivity index (χ4n) is 4.22. The van der Waals surface area contributed by atoms with Gasteiger partial charge >= 0.3 is 6.18 Å². The van der Waals surface area contributed by atoms with E-state index in [0.29, 0.717) is 23.7 Å². The van der Waals surface area contributed by atoms with Crippen molar-refractivity contribution in [1.82, 2.24) is 20.4 Å². The van der Waals surface area contributed by atoms with Gasteiger partial charge in [-0.3, -0.25) is 0 Å². The molecule has 0 bridgehead atoms. The third kappa shape index (κ3) is 4.39. The van der Waals surface area contributed by atoms with Crippen molar-refractivity contribution in [1.29, 1.82) is 0 Å². The van der Waals surface area contributed by atoms with Crippen LogP contribution in [0, 0.1) is 5.92 Å². The standard InChI is InChI=1S/C20H25F3N4O/c21-20(22,23)19-8-10-27(26-19)15-6-4-14(5-7-15)12-25-17-3-1-2-16(17)18-13-28-11-9-24-18/h4-8,10,16-18,24-25H,1-3,9,11-13H2. The van der Waals surface area contributed by atoms with E-state index in [9.17, 15) is 13.2 Å². The number of halogens is 3. The number of hydrogen-bond donors (Lipinski definition) is 2. The Bertz CT molecular complexity index is 769. The summed E-state index contributed by atoms with van der Waals surface area (Å²) >= 11 is 0. The second kappa shape index (κ2) is 8.23. The molecule has 8 heteroatoms. The maximum absolute atomic E-state index is 12.7. The molecule has 152 valence electrons. The van der Waals surface area contributed by atoms with Crippen molar-refractivity contribution in [3.63, 3.8) is 0 Å². The first-order chi connectivity index (χ1) is 13.5. The first-order valence-electron chi connectivity index (χ1n) is 9.77. The van der Waals surface area contributed by atoms with Gasteiger partial charge < -0.3 is 15.4 Å². The lowest BCUT2D eigenvalue weighted by Gasteiger charge is -2.33. The lowest BCUT2D eigenvalue weighted by Crippen LogP contribution is -2.50. The summed E-state index contributed by atoms with van der Waals surface area (Å²) in [5.41, 5.74) is 0.831. The van der Waals surface area contributed by atoms with Gasteiger partial charge in [-0.1, -0.05) is 18.6 Å². The summed E-state index contributed by atoms with van der Waals surface area (Å²) in [6.45, 7) is 3.22. The van der Waals surface area contributed by atoms with Crippen LogP contribution in [0.25, 0.3) is 5.69 Å². The summed E-state index contributed by atoms with van der Waals surface area (Å²) in [5, 5.41) is 10.8. The smallest absolute Gasteiger partial charge is 0.379 e. The van der Waals surface area contributed by atoms with Gasteiger partial charge in [0.1, 0.15) is 0 Å². The van der Waals surface area contributed by atoms with E-state index in [2.05, 4.69) is 15.7 Å². The third-order valence-electron chi connectivity index (χ3n) is 5.69. The molecule has 2 aliphatic rings. The summed E-state index contributed by atoms with van der Waals surface area (Å²) in [7, 11) is 0. The number of alkyl halides is 3. The Morgan fingerprint density at radius 3 is 2.68 bits per heavy atom. The minimum absolute atomic E-state index is 0.416. The van der Waals surface area contributed by atoms with Crippen molar-refractivity contribution in [2.45, 2.75) is 44.1 Å². The van der Waals surface area contributed by atoms with Gasteiger partial charge in [-0.05, 0) is 42.5 Å². The van der Waals surface area contributed by atoms with E-state index in [1.54, 1.807) is 12.1 Å². The van der Waals surface area contributed by atoms with Crippen LogP contribution in [0.4, 0.5) is 13.2 Å². The van der Waals surface area contributed by atoms with Crippen molar-refractivity contribution in [3.05, 3.63) is 47.8 Å². The van der Waals surface area contributed by atoms with E-state index in [1.165, 1.54) is 23.7 Å². The van der Waals surface area contributed by atoms with Crippen LogP contribution in [0.5, 0.6) is 0 Å². The monoisotopic (exact) mass is 394 g/mol. The summed E-state index contributed by atoms with van der Waals surface area (Å²) in [6.07, 6.45) is 0.497. The van der Waals surface area contributed by atoms with Crippen LogP contribution >= 0.6 is 0 Å². The lowest BCUT2D eigenvalue weighted by molar-refractivity contribution is -0.141. The highest BCUT2D eigenvalue weighted by Crippen LogP contribution is 2.30. The van der Waals surface area contributed by atoms with Gasteiger partial charge in [-0.2, -0.15) is 18.3 Å². The first kappa shape index (κ1) is 19.4. The van der Waals surface area contributed by atoms with Gasteiger partial charge in [0, 0.05) is 31.4 Å². The number of ether oxygens (including phenoxy) is 1. The highest BCUT2D eigenvalue weighted by atomic mass is 19.4. The van der Waals surface area contributed by atoms with Crippen molar-refractivity contribution < 1.29 is 17.9 Å². The van der Waals surface area contributed by atoms with Crippen LogP contribution in [-0.2, 0) is 17.5 Å². The number of nitrogens with zero attached hydrogens (tertiary/aromatic N) is 2. The number of aromatic nitrogens is 2. The Morgan fingerprint density at radius 1 is 1.18 bits per heavy atom. The van der Waals surface area contributed by atoms with Crippen molar-refractivity contribution in [2.75, 3.05) is 19.8 Å². The molecule has 1 aromatic heterocycles. The average molecular weight is 394 g/mol. The molecule has 2 N–H and O–H groups in total. The van der Waals surface area contributed by atoms with Crippen LogP contribution in [-0.4, -0.2) is 41.6 Å². The summed E-state index contributed by atoms with van der Waals surface area (Å²) < 4.78 is 45.0. The Labute approximate surface area is 162 Å². The molecule has 3 atom stereocenters. The summed E-state index contributed by atoms with van der Waals surface area (Å²) in [5.74, 6) is 0.574. The molecule has 3 unspecified atom stereocenters. The molecule has 0 spiro atoms. The quantitative estimate of drug-likeness (QED) is 0.818. The fourth-order valence-corrected chi connectivity index (χ4v) is 4.22. The molecule has 5 nitrogen and oxygen atoms in total. The van der Waals surface area contributed by atoms with E-state index in [1.807, 2.05) is 12.1 Å². The second-order valence-corrected chi connectivity index (χ2v) is 7.53. The minimum atomic E-state index is -4.43. The van der Waals surface area contributed by atoms with Gasteiger partial charge in [0.05, 0.1) is 18.9 Å². The van der Waals surface area contributed by atoms with Gasteiger partial charge in [0.15, 0.2) is 5.69 Å². The zero-order valence-electron chi connectivity index (χ0n) is 15.6. The number of morpholine rings is 1. The average Bonchev–Trinajstić information content (AvgIpc) is 3.37. The highest BCUT2D eigenvalue weighted by molar-refractivity contribution is 5.34. The fraction of sp³-hybridized carbons (Fsp3) is 0.550. The molecule has 4 rings (SSSR count). The predicted octanol–water partition coefficient (Wildman–Crippen LogP) is 3.14. The molecule has 1 aliphatic heterocycles. The Balaban J connectivity index is 1.35. The van der Waals surface area contributed by atoms with Crippen molar-refractivity contribution in [2.24, 2.45) is 5.92 Å². The molecule has 1 aliphatic carbocycles. The zero-order valence-corrected chi connectivity index (χ0v) is 15.6. The van der Waals surface area contributed by atoms with Crippen LogP contribution in [0.3, 0.4) is 0 Å². The van der Waals surface area contributed by atoms with E-state index in [0.717, 1.165) is 44.4 Å². The SMILES string of the molecule is FC(F)(F)c1ccn(-c2ccc(CNC3CCCC3C3COCCN3)cc2)n1. The highest BCUT2D eigenvalue weighted by Gasteiger charge is 2.35. The number of nitrogens with one attached hydrogen (secondary N) is 2. The molecule has 1 saturated carbocycles. The molecular weight excluding hydrogens is 369 g/mol. The van der Waals surface area contributed by atoms with Crippen LogP contribution < -0.4 is 10.6 Å². The normalized spacial score (nSPS) is 25.9. The largest absolute Gasteiger partial charge is 0.435 e. The van der Waals surface area contributed by atoms with Crippen LogP contribution in [0.2, 0.25) is 0 Å². The van der Waals surface area contributed by atoms with E-state index < -0.39 is 11.9 Å². The van der Waals surface area contributed by atoms with Crippen LogP contribution in [0.15, 0.2) is 36.5 Å². The van der Waals surface area contributed by atoms with Gasteiger partial charge in [0.25, 0.3) is 0 Å². The van der Waals surface area contributed by atoms with Gasteiger partial charge in [-0.25, -0.2) is 4.68 Å². The second-order valence-electron chi connectivity index (χ2n) is 7.53. The van der Waals surface area contributed by atoms with Gasteiger partial charge in [0.2, 0.25) is 0 Å². The van der Waals surface area contributed by atoms with E-state index in [-0.39, 0.29) is 0 Å². The molecule has 2 fully saturated rings. The Hall–Kier alpha value is -1.90.